The van der Waals surface area contributed by atoms with Crippen molar-refractivity contribution in [3.8, 4) is 11.8 Å². The van der Waals surface area contributed by atoms with Gasteiger partial charge in [0.15, 0.2) is 11.7 Å². The number of para-hydroxylation sites is 2. The topological polar surface area (TPSA) is 88.4 Å². The molecule has 136 valence electrons. The van der Waals surface area contributed by atoms with E-state index in [4.69, 9.17) is 10.00 Å². The van der Waals surface area contributed by atoms with Gasteiger partial charge in [0.05, 0.1) is 25.0 Å². The Morgan fingerprint density at radius 2 is 2.00 bits per heavy atom. The Bertz CT molecular complexity index is 641. The van der Waals surface area contributed by atoms with E-state index in [0.717, 1.165) is 0 Å². The van der Waals surface area contributed by atoms with E-state index >= 15 is 0 Å². The van der Waals surface area contributed by atoms with Gasteiger partial charge in [0, 0.05) is 6.42 Å². The summed E-state index contributed by atoms with van der Waals surface area (Å²) in [6.45, 7) is 0.0793. The largest absolute Gasteiger partial charge is 0.492 e. The van der Waals surface area contributed by atoms with E-state index in [1.54, 1.807) is 31.2 Å². The molecule has 0 aliphatic carbocycles. The molecule has 0 radical (unpaired) electrons. The number of nitriles is 1. The number of halogens is 3. The Balaban J connectivity index is 2.63. The molecule has 0 aliphatic heterocycles. The van der Waals surface area contributed by atoms with Gasteiger partial charge in [-0.05, 0) is 19.1 Å². The number of ketones is 1. The van der Waals surface area contributed by atoms with Gasteiger partial charge in [0.2, 0.25) is 5.91 Å². The maximum absolute atomic E-state index is 12.1. The number of amides is 1. The number of nitrogens with one attached hydrogen (secondary N) is 1. The van der Waals surface area contributed by atoms with Crippen molar-refractivity contribution in [2.45, 2.75) is 19.5 Å². The molecule has 1 rings (SSSR count). The average Bonchev–Trinajstić information content (AvgIpc) is 2.53. The van der Waals surface area contributed by atoms with Gasteiger partial charge in [-0.1, -0.05) is 12.1 Å². The number of ether oxygens (including phenoxy) is 2. The van der Waals surface area contributed by atoms with E-state index in [1.807, 2.05) is 0 Å². The van der Waals surface area contributed by atoms with Crippen molar-refractivity contribution in [3.05, 3.63) is 24.3 Å². The first-order valence-corrected chi connectivity index (χ1v) is 7.38. The van der Waals surface area contributed by atoms with Gasteiger partial charge in [0.25, 0.3) is 0 Å². The summed E-state index contributed by atoms with van der Waals surface area (Å²) in [6.07, 6.45) is -4.98. The van der Waals surface area contributed by atoms with Crippen LogP contribution in [0.5, 0.6) is 5.75 Å². The lowest BCUT2D eigenvalue weighted by molar-refractivity contribution is -0.174. The second-order valence-corrected chi connectivity index (χ2v) is 4.86. The van der Waals surface area contributed by atoms with Crippen LogP contribution in [0.3, 0.4) is 0 Å². The molecule has 1 unspecified atom stereocenters. The first-order valence-electron chi connectivity index (χ1n) is 7.38. The first-order chi connectivity index (χ1) is 11.8. The third kappa shape index (κ3) is 7.22. The molecule has 1 atom stereocenters. The van der Waals surface area contributed by atoms with E-state index in [-0.39, 0.29) is 5.69 Å². The Labute approximate surface area is 142 Å². The third-order valence-electron chi connectivity index (χ3n) is 2.92. The molecule has 0 heterocycles. The maximum Gasteiger partial charge on any atom is 0.411 e. The summed E-state index contributed by atoms with van der Waals surface area (Å²) in [4.78, 5) is 24.0. The van der Waals surface area contributed by atoms with E-state index in [0.29, 0.717) is 12.4 Å². The molecule has 0 saturated heterocycles. The van der Waals surface area contributed by atoms with Crippen molar-refractivity contribution in [1.29, 1.82) is 5.26 Å². The normalized spacial score (nSPS) is 12.1. The van der Waals surface area contributed by atoms with Crippen molar-refractivity contribution in [2.24, 2.45) is 5.92 Å². The second kappa shape index (κ2) is 9.64. The van der Waals surface area contributed by atoms with Crippen molar-refractivity contribution in [3.63, 3.8) is 0 Å². The number of hydrogen-bond acceptors (Lipinski definition) is 5. The number of alkyl halides is 3. The highest BCUT2D eigenvalue weighted by molar-refractivity contribution is 6.09. The highest BCUT2D eigenvalue weighted by Crippen LogP contribution is 2.24. The van der Waals surface area contributed by atoms with Crippen molar-refractivity contribution < 1.29 is 32.2 Å². The summed E-state index contributed by atoms with van der Waals surface area (Å²) in [5.41, 5.74) is 0.288. The molecule has 0 bridgehead atoms. The van der Waals surface area contributed by atoms with Crippen molar-refractivity contribution in [1.82, 2.24) is 0 Å². The molecule has 0 aliphatic rings. The fraction of sp³-hybridized carbons (Fsp3) is 0.438. The molecule has 1 amide bonds. The van der Waals surface area contributed by atoms with Crippen LogP contribution in [0.4, 0.5) is 18.9 Å². The molecule has 0 saturated carbocycles. The predicted octanol–water partition coefficient (Wildman–Crippen LogP) is 2.70. The highest BCUT2D eigenvalue weighted by atomic mass is 19.4. The summed E-state index contributed by atoms with van der Waals surface area (Å²) >= 11 is 0. The van der Waals surface area contributed by atoms with Crippen LogP contribution in [0.15, 0.2) is 24.3 Å². The van der Waals surface area contributed by atoms with Gasteiger partial charge in [-0.15, -0.1) is 0 Å². The van der Waals surface area contributed by atoms with Gasteiger partial charge in [-0.3, -0.25) is 9.59 Å². The Hall–Kier alpha value is -2.60. The van der Waals surface area contributed by atoms with Crippen LogP contribution in [0.1, 0.15) is 13.3 Å². The fourth-order valence-electron chi connectivity index (χ4n) is 1.84. The minimum absolute atomic E-state index is 0.288. The lowest BCUT2D eigenvalue weighted by atomic mass is 10.0. The summed E-state index contributed by atoms with van der Waals surface area (Å²) < 4.78 is 45.4. The van der Waals surface area contributed by atoms with Crippen molar-refractivity contribution in [2.75, 3.05) is 25.1 Å². The van der Waals surface area contributed by atoms with Gasteiger partial charge in [-0.25, -0.2) is 0 Å². The number of hydrogen-bond donors (Lipinski definition) is 1. The molecular weight excluding hydrogens is 341 g/mol. The van der Waals surface area contributed by atoms with Crippen LogP contribution in [0.25, 0.3) is 0 Å². The zero-order chi connectivity index (χ0) is 18.9. The van der Waals surface area contributed by atoms with Crippen molar-refractivity contribution >= 4 is 17.4 Å². The quantitative estimate of drug-likeness (QED) is 0.542. The monoisotopic (exact) mass is 358 g/mol. The average molecular weight is 358 g/mol. The third-order valence-corrected chi connectivity index (χ3v) is 2.92. The van der Waals surface area contributed by atoms with Crippen LogP contribution >= 0.6 is 0 Å². The second-order valence-electron chi connectivity index (χ2n) is 4.86. The number of nitrogens with zero attached hydrogens (tertiary/aromatic N) is 1. The fourth-order valence-corrected chi connectivity index (χ4v) is 1.84. The number of Topliss-reactive ketones (excluding diaryl/α,β-unsaturated/α-hetero) is 1. The first kappa shape index (κ1) is 20.4. The summed E-state index contributed by atoms with van der Waals surface area (Å²) in [7, 11) is 0. The number of carbonyl (C=O) groups excluding carboxylic acids is 2. The Kier molecular flexibility index (Phi) is 7.88. The molecule has 9 heteroatoms. The van der Waals surface area contributed by atoms with Crippen LogP contribution in [0.2, 0.25) is 0 Å². The number of carbonyl (C=O) groups is 2. The SMILES string of the molecule is CCOc1ccccc1NC(=O)C(C#N)C(=O)CCOCC(F)(F)F. The smallest absolute Gasteiger partial charge is 0.411 e. The lowest BCUT2D eigenvalue weighted by Crippen LogP contribution is -2.29. The van der Waals surface area contributed by atoms with Gasteiger partial charge in [-0.2, -0.15) is 18.4 Å². The Morgan fingerprint density at radius 1 is 1.32 bits per heavy atom. The molecular formula is C16H17F3N2O4. The van der Waals surface area contributed by atoms with Crippen LogP contribution in [0, 0.1) is 17.2 Å². The molecule has 1 aromatic carbocycles. The van der Waals surface area contributed by atoms with Gasteiger partial charge >= 0.3 is 6.18 Å². The Morgan fingerprint density at radius 3 is 2.60 bits per heavy atom. The van der Waals surface area contributed by atoms with E-state index < -0.39 is 43.4 Å². The van der Waals surface area contributed by atoms with Crippen LogP contribution < -0.4 is 10.1 Å². The zero-order valence-corrected chi connectivity index (χ0v) is 13.4. The number of rotatable bonds is 9. The number of benzene rings is 1. The minimum Gasteiger partial charge on any atom is -0.492 e. The van der Waals surface area contributed by atoms with E-state index in [2.05, 4.69) is 10.1 Å². The molecule has 0 spiro atoms. The maximum atomic E-state index is 12.1. The molecule has 1 aromatic rings. The molecule has 6 nitrogen and oxygen atoms in total. The zero-order valence-electron chi connectivity index (χ0n) is 13.4. The van der Waals surface area contributed by atoms with Crippen LogP contribution in [-0.4, -0.2) is 37.7 Å². The van der Waals surface area contributed by atoms with E-state index in [1.165, 1.54) is 6.07 Å². The minimum atomic E-state index is -4.50. The molecule has 1 N–H and O–H groups in total. The summed E-state index contributed by atoms with van der Waals surface area (Å²) in [5, 5.41) is 11.4. The standard InChI is InChI=1S/C16H17F3N2O4/c1-2-25-14-6-4-3-5-12(14)21-15(23)11(9-20)13(22)7-8-24-10-16(17,18)19/h3-6,11H,2,7-8,10H2,1H3,(H,21,23). The molecule has 0 aromatic heterocycles. The summed E-state index contributed by atoms with van der Waals surface area (Å²) in [6, 6.07) is 8.01. The molecule has 25 heavy (non-hydrogen) atoms. The predicted molar refractivity (Wildman–Crippen MR) is 81.8 cm³/mol. The summed E-state index contributed by atoms with van der Waals surface area (Å²) in [5.74, 6) is -2.98. The highest BCUT2D eigenvalue weighted by Gasteiger charge is 2.29. The lowest BCUT2D eigenvalue weighted by Gasteiger charge is -2.13. The van der Waals surface area contributed by atoms with Gasteiger partial charge in [0.1, 0.15) is 12.4 Å². The molecule has 0 fully saturated rings. The van der Waals surface area contributed by atoms with Gasteiger partial charge < -0.3 is 14.8 Å². The van der Waals surface area contributed by atoms with E-state index in [9.17, 15) is 22.8 Å². The number of anilines is 1. The van der Waals surface area contributed by atoms with Crippen LogP contribution in [-0.2, 0) is 14.3 Å².